The van der Waals surface area contributed by atoms with Crippen LogP contribution in [0.15, 0.2) is 35.0 Å². The van der Waals surface area contributed by atoms with Crippen molar-refractivity contribution in [1.82, 2.24) is 15.5 Å². The highest BCUT2D eigenvalue weighted by Crippen LogP contribution is 2.15. The molecule has 3 rings (SSSR count). The highest BCUT2D eigenvalue weighted by Gasteiger charge is 2.09. The predicted molar refractivity (Wildman–Crippen MR) is 84.7 cm³/mol. The van der Waals surface area contributed by atoms with Gasteiger partial charge >= 0.3 is 0 Å². The molecule has 0 radical (unpaired) electrons. The Bertz CT molecular complexity index is 782. The third-order valence-electron chi connectivity index (χ3n) is 3.86. The fourth-order valence-corrected chi connectivity index (χ4v) is 2.65. The summed E-state index contributed by atoms with van der Waals surface area (Å²) in [4.78, 5) is 15.2. The minimum atomic E-state index is 0.0293. The van der Waals surface area contributed by atoms with Crippen molar-refractivity contribution < 1.29 is 9.32 Å². The number of nitrogens with one attached hydrogen (secondary N) is 2. The maximum Gasteiger partial charge on any atom is 0.224 e. The first-order chi connectivity index (χ1) is 10.6. The molecule has 22 heavy (non-hydrogen) atoms. The second-order valence-corrected chi connectivity index (χ2v) is 5.48. The SMILES string of the molecule is Cc1noc(C)c1CCNC(=O)Cc1ccc2[nH]ccc2c1. The number of benzene rings is 1. The zero-order chi connectivity index (χ0) is 15.5. The number of carbonyl (C=O) groups is 1. The van der Waals surface area contributed by atoms with E-state index in [1.807, 2.05) is 44.3 Å². The summed E-state index contributed by atoms with van der Waals surface area (Å²) in [6.07, 6.45) is 3.03. The third-order valence-corrected chi connectivity index (χ3v) is 3.86. The zero-order valence-electron chi connectivity index (χ0n) is 12.8. The van der Waals surface area contributed by atoms with Crippen molar-refractivity contribution in [2.45, 2.75) is 26.7 Å². The van der Waals surface area contributed by atoms with Gasteiger partial charge in [0.25, 0.3) is 0 Å². The molecule has 2 N–H and O–H groups in total. The number of hydrogen-bond acceptors (Lipinski definition) is 3. The molecule has 0 saturated heterocycles. The van der Waals surface area contributed by atoms with Gasteiger partial charge in [-0.15, -0.1) is 0 Å². The molecule has 0 aliphatic carbocycles. The average molecular weight is 297 g/mol. The molecule has 2 aromatic heterocycles. The number of amides is 1. The van der Waals surface area contributed by atoms with Crippen LogP contribution in [-0.4, -0.2) is 22.6 Å². The van der Waals surface area contributed by atoms with Gasteiger partial charge in [-0.05, 0) is 49.4 Å². The fraction of sp³-hybridized carbons (Fsp3) is 0.294. The van der Waals surface area contributed by atoms with Gasteiger partial charge in [0.2, 0.25) is 5.91 Å². The largest absolute Gasteiger partial charge is 0.361 e. The molecule has 0 unspecified atom stereocenters. The molecular weight excluding hydrogens is 278 g/mol. The van der Waals surface area contributed by atoms with E-state index in [1.165, 1.54) is 0 Å². The van der Waals surface area contributed by atoms with Gasteiger partial charge in [-0.2, -0.15) is 0 Å². The van der Waals surface area contributed by atoms with Crippen LogP contribution in [0.5, 0.6) is 0 Å². The number of aromatic nitrogens is 2. The summed E-state index contributed by atoms with van der Waals surface area (Å²) < 4.78 is 5.12. The summed E-state index contributed by atoms with van der Waals surface area (Å²) >= 11 is 0. The molecule has 1 aromatic carbocycles. The Hall–Kier alpha value is -2.56. The first-order valence-electron chi connectivity index (χ1n) is 7.38. The zero-order valence-corrected chi connectivity index (χ0v) is 12.8. The molecule has 3 aromatic rings. The lowest BCUT2D eigenvalue weighted by molar-refractivity contribution is -0.120. The van der Waals surface area contributed by atoms with Gasteiger partial charge in [-0.1, -0.05) is 11.2 Å². The average Bonchev–Trinajstić information content (AvgIpc) is 3.07. The van der Waals surface area contributed by atoms with Crippen LogP contribution < -0.4 is 5.32 Å². The van der Waals surface area contributed by atoms with Crippen molar-refractivity contribution in [3.63, 3.8) is 0 Å². The normalized spacial score (nSPS) is 11.0. The Balaban J connectivity index is 1.54. The second-order valence-electron chi connectivity index (χ2n) is 5.48. The maximum absolute atomic E-state index is 12.0. The minimum Gasteiger partial charge on any atom is -0.361 e. The molecule has 114 valence electrons. The van der Waals surface area contributed by atoms with Crippen molar-refractivity contribution in [1.29, 1.82) is 0 Å². The summed E-state index contributed by atoms with van der Waals surface area (Å²) in [7, 11) is 0. The highest BCUT2D eigenvalue weighted by atomic mass is 16.5. The van der Waals surface area contributed by atoms with Crippen LogP contribution in [0.2, 0.25) is 0 Å². The van der Waals surface area contributed by atoms with Crippen LogP contribution in [-0.2, 0) is 17.6 Å². The van der Waals surface area contributed by atoms with Gasteiger partial charge in [0.15, 0.2) is 0 Å². The van der Waals surface area contributed by atoms with Gasteiger partial charge in [-0.3, -0.25) is 4.79 Å². The Morgan fingerprint density at radius 2 is 2.18 bits per heavy atom. The Morgan fingerprint density at radius 3 is 2.95 bits per heavy atom. The van der Waals surface area contributed by atoms with Crippen LogP contribution in [0, 0.1) is 13.8 Å². The maximum atomic E-state index is 12.0. The number of fused-ring (bicyclic) bond motifs is 1. The van der Waals surface area contributed by atoms with E-state index in [1.54, 1.807) is 0 Å². The molecule has 5 nitrogen and oxygen atoms in total. The van der Waals surface area contributed by atoms with Crippen LogP contribution in [0.3, 0.4) is 0 Å². The molecule has 2 heterocycles. The Kier molecular flexibility index (Phi) is 3.96. The van der Waals surface area contributed by atoms with Crippen LogP contribution in [0.1, 0.15) is 22.6 Å². The van der Waals surface area contributed by atoms with E-state index in [2.05, 4.69) is 15.5 Å². The number of carbonyl (C=O) groups excluding carboxylic acids is 1. The summed E-state index contributed by atoms with van der Waals surface area (Å²) in [6.45, 7) is 4.40. The summed E-state index contributed by atoms with van der Waals surface area (Å²) in [5, 5.41) is 7.99. The number of nitrogens with zero attached hydrogens (tertiary/aromatic N) is 1. The van der Waals surface area contributed by atoms with E-state index in [0.717, 1.165) is 39.9 Å². The number of rotatable bonds is 5. The van der Waals surface area contributed by atoms with Crippen molar-refractivity contribution >= 4 is 16.8 Å². The van der Waals surface area contributed by atoms with Gasteiger partial charge in [0.1, 0.15) is 5.76 Å². The Morgan fingerprint density at radius 1 is 1.32 bits per heavy atom. The smallest absolute Gasteiger partial charge is 0.224 e. The molecule has 0 fully saturated rings. The molecule has 1 amide bonds. The number of aromatic amines is 1. The van der Waals surface area contributed by atoms with Crippen molar-refractivity contribution in [2.75, 3.05) is 6.54 Å². The quantitative estimate of drug-likeness (QED) is 0.760. The lowest BCUT2D eigenvalue weighted by Gasteiger charge is -2.05. The molecule has 0 spiro atoms. The van der Waals surface area contributed by atoms with Crippen molar-refractivity contribution in [2.24, 2.45) is 0 Å². The van der Waals surface area contributed by atoms with Crippen LogP contribution in [0.4, 0.5) is 0 Å². The molecule has 0 saturated carbocycles. The predicted octanol–water partition coefficient (Wildman–Crippen LogP) is 2.67. The first-order valence-corrected chi connectivity index (χ1v) is 7.38. The van der Waals surface area contributed by atoms with E-state index in [4.69, 9.17) is 4.52 Å². The van der Waals surface area contributed by atoms with E-state index >= 15 is 0 Å². The topological polar surface area (TPSA) is 70.9 Å². The van der Waals surface area contributed by atoms with Crippen LogP contribution in [0.25, 0.3) is 10.9 Å². The Labute approximate surface area is 128 Å². The van der Waals surface area contributed by atoms with Crippen molar-refractivity contribution in [3.05, 3.63) is 53.0 Å². The lowest BCUT2D eigenvalue weighted by Crippen LogP contribution is -2.27. The number of hydrogen-bond donors (Lipinski definition) is 2. The van der Waals surface area contributed by atoms with Crippen molar-refractivity contribution in [3.8, 4) is 0 Å². The van der Waals surface area contributed by atoms with E-state index in [0.29, 0.717) is 13.0 Å². The van der Waals surface area contributed by atoms with E-state index in [-0.39, 0.29) is 5.91 Å². The fourth-order valence-electron chi connectivity index (χ4n) is 2.65. The van der Waals surface area contributed by atoms with Crippen LogP contribution >= 0.6 is 0 Å². The van der Waals surface area contributed by atoms with Gasteiger partial charge < -0.3 is 14.8 Å². The number of aryl methyl sites for hydroxylation is 2. The second kappa shape index (κ2) is 6.05. The highest BCUT2D eigenvalue weighted by molar-refractivity contribution is 5.83. The summed E-state index contributed by atoms with van der Waals surface area (Å²) in [5.41, 5.74) is 4.07. The third kappa shape index (κ3) is 3.03. The first kappa shape index (κ1) is 14.4. The summed E-state index contributed by atoms with van der Waals surface area (Å²) in [6, 6.07) is 8.03. The van der Waals surface area contributed by atoms with Gasteiger partial charge in [0, 0.05) is 23.8 Å². The minimum absolute atomic E-state index is 0.0293. The van der Waals surface area contributed by atoms with Gasteiger partial charge in [0.05, 0.1) is 12.1 Å². The molecule has 0 bridgehead atoms. The molecule has 0 aliphatic heterocycles. The summed E-state index contributed by atoms with van der Waals surface area (Å²) in [5.74, 6) is 0.853. The lowest BCUT2D eigenvalue weighted by atomic mass is 10.1. The number of H-pyrrole nitrogens is 1. The molecule has 5 heteroatoms. The molecular formula is C17H19N3O2. The molecule has 0 aliphatic rings. The molecule has 0 atom stereocenters. The standard InChI is InChI=1S/C17H19N3O2/c1-11-15(12(2)22-20-11)6-8-19-17(21)10-13-3-4-16-14(9-13)5-7-18-16/h3-5,7,9,18H,6,8,10H2,1-2H3,(H,19,21). The van der Waals surface area contributed by atoms with Gasteiger partial charge in [-0.25, -0.2) is 0 Å². The van der Waals surface area contributed by atoms with E-state index < -0.39 is 0 Å². The van der Waals surface area contributed by atoms with E-state index in [9.17, 15) is 4.79 Å². The monoisotopic (exact) mass is 297 g/mol.